The molecule has 1 heterocycles. The number of anilines is 1. The summed E-state index contributed by atoms with van der Waals surface area (Å²) in [5.41, 5.74) is -0.375. The Labute approximate surface area is 90.0 Å². The number of nitrogens with one attached hydrogen (secondary N) is 3. The molecule has 16 heavy (non-hydrogen) atoms. The van der Waals surface area contributed by atoms with Gasteiger partial charge in [-0.3, -0.25) is 14.9 Å². The molecule has 0 aliphatic rings. The molecule has 0 saturated heterocycles. The number of hydrogen-bond acceptors (Lipinski definition) is 5. The number of carbonyl (C=O) groups excluding carboxylic acids is 2. The summed E-state index contributed by atoms with van der Waals surface area (Å²) >= 11 is 0. The molecule has 0 unspecified atom stereocenters. The highest BCUT2D eigenvalue weighted by molar-refractivity contribution is 5.90. The van der Waals surface area contributed by atoms with Gasteiger partial charge in [0, 0.05) is 6.07 Å². The van der Waals surface area contributed by atoms with E-state index >= 15 is 0 Å². The molecule has 86 valence electrons. The van der Waals surface area contributed by atoms with Gasteiger partial charge in [-0.05, 0) is 6.07 Å². The number of hydrogen-bond donors (Lipinski definition) is 3. The van der Waals surface area contributed by atoms with E-state index in [9.17, 15) is 14.4 Å². The molecule has 0 aromatic carbocycles. The van der Waals surface area contributed by atoms with Crippen molar-refractivity contribution in [1.29, 1.82) is 0 Å². The van der Waals surface area contributed by atoms with E-state index in [-0.39, 0.29) is 17.9 Å². The second-order valence-corrected chi connectivity index (χ2v) is 2.69. The molecule has 0 atom stereocenters. The number of urea groups is 1. The fourth-order valence-corrected chi connectivity index (χ4v) is 0.799. The second kappa shape index (κ2) is 5.49. The molecule has 0 spiro atoms. The van der Waals surface area contributed by atoms with Gasteiger partial charge in [0.15, 0.2) is 5.82 Å². The molecule has 0 radical (unpaired) electrons. The van der Waals surface area contributed by atoms with Crippen LogP contribution in [0.5, 0.6) is 0 Å². The largest absolute Gasteiger partial charge is 0.468 e. The highest BCUT2D eigenvalue weighted by atomic mass is 16.5. The first kappa shape index (κ1) is 11.7. The van der Waals surface area contributed by atoms with Gasteiger partial charge >= 0.3 is 12.0 Å². The Bertz CT molecular complexity index is 421. The molecule has 1 rings (SSSR count). The maximum absolute atomic E-state index is 11.2. The molecule has 3 N–H and O–H groups in total. The number of amides is 2. The van der Waals surface area contributed by atoms with E-state index in [2.05, 4.69) is 25.6 Å². The number of ether oxygens (including phenoxy) is 1. The quantitative estimate of drug-likeness (QED) is 0.576. The lowest BCUT2D eigenvalue weighted by Gasteiger charge is -2.04. The van der Waals surface area contributed by atoms with Crippen molar-refractivity contribution in [2.45, 2.75) is 0 Å². The number of aromatic nitrogens is 2. The minimum atomic E-state index is -0.620. The van der Waals surface area contributed by atoms with E-state index in [0.717, 1.165) is 0 Å². The van der Waals surface area contributed by atoms with Crippen LogP contribution in [-0.4, -0.2) is 35.9 Å². The third-order valence-electron chi connectivity index (χ3n) is 1.54. The lowest BCUT2D eigenvalue weighted by atomic mass is 10.5. The minimum Gasteiger partial charge on any atom is -0.468 e. The summed E-state index contributed by atoms with van der Waals surface area (Å²) in [6.45, 7) is -0.244. The zero-order valence-corrected chi connectivity index (χ0v) is 8.44. The Hall–Kier alpha value is -2.38. The normalized spacial score (nSPS) is 9.31. The van der Waals surface area contributed by atoms with E-state index in [0.29, 0.717) is 0 Å². The summed E-state index contributed by atoms with van der Waals surface area (Å²) in [6, 6.07) is 1.92. The zero-order valence-electron chi connectivity index (χ0n) is 8.44. The van der Waals surface area contributed by atoms with Crippen LogP contribution in [0, 0.1) is 0 Å². The fourth-order valence-electron chi connectivity index (χ4n) is 0.799. The van der Waals surface area contributed by atoms with Gasteiger partial charge in [0.05, 0.1) is 7.11 Å². The van der Waals surface area contributed by atoms with Crippen molar-refractivity contribution in [1.82, 2.24) is 15.5 Å². The number of H-pyrrole nitrogens is 1. The SMILES string of the molecule is COC(=O)CNC(=O)Nc1ccc(=O)[nH]n1. The number of rotatable bonds is 3. The maximum Gasteiger partial charge on any atom is 0.325 e. The predicted octanol–water partition coefficient (Wildman–Crippen LogP) is -0.936. The Morgan fingerprint density at radius 2 is 2.25 bits per heavy atom. The zero-order chi connectivity index (χ0) is 12.0. The lowest BCUT2D eigenvalue weighted by Crippen LogP contribution is -2.34. The van der Waals surface area contributed by atoms with Gasteiger partial charge in [0.25, 0.3) is 5.56 Å². The highest BCUT2D eigenvalue weighted by Gasteiger charge is 2.05. The Balaban J connectivity index is 2.42. The summed E-state index contributed by atoms with van der Waals surface area (Å²) < 4.78 is 4.32. The van der Waals surface area contributed by atoms with Crippen molar-refractivity contribution in [3.63, 3.8) is 0 Å². The summed E-state index contributed by atoms with van der Waals surface area (Å²) in [5, 5.41) is 10.2. The van der Waals surface area contributed by atoms with Gasteiger partial charge in [-0.25, -0.2) is 9.89 Å². The van der Waals surface area contributed by atoms with Crippen molar-refractivity contribution in [2.24, 2.45) is 0 Å². The van der Waals surface area contributed by atoms with E-state index in [1.807, 2.05) is 0 Å². The molecule has 0 aliphatic heterocycles. The van der Waals surface area contributed by atoms with Gasteiger partial charge in [-0.2, -0.15) is 5.10 Å². The predicted molar refractivity (Wildman–Crippen MR) is 53.9 cm³/mol. The van der Waals surface area contributed by atoms with Crippen molar-refractivity contribution in [3.05, 3.63) is 22.5 Å². The average molecular weight is 226 g/mol. The number of esters is 1. The first-order valence-corrected chi connectivity index (χ1v) is 4.29. The molecule has 1 aromatic heterocycles. The average Bonchev–Trinajstić information content (AvgIpc) is 2.29. The van der Waals surface area contributed by atoms with E-state index in [1.165, 1.54) is 19.2 Å². The Kier molecular flexibility index (Phi) is 4.01. The third-order valence-corrected chi connectivity index (χ3v) is 1.54. The fraction of sp³-hybridized carbons (Fsp3) is 0.250. The minimum absolute atomic E-state index is 0.168. The van der Waals surface area contributed by atoms with E-state index < -0.39 is 12.0 Å². The van der Waals surface area contributed by atoms with Crippen LogP contribution in [0.25, 0.3) is 0 Å². The van der Waals surface area contributed by atoms with Crippen molar-refractivity contribution < 1.29 is 14.3 Å². The van der Waals surface area contributed by atoms with Crippen LogP contribution in [0.1, 0.15) is 0 Å². The van der Waals surface area contributed by atoms with Crippen LogP contribution in [-0.2, 0) is 9.53 Å². The summed E-state index contributed by atoms with van der Waals surface area (Å²) in [5.74, 6) is -0.397. The topological polar surface area (TPSA) is 113 Å². The lowest BCUT2D eigenvalue weighted by molar-refractivity contribution is -0.139. The standard InChI is InChI=1S/C8H10N4O4/c1-16-7(14)4-9-8(15)10-5-2-3-6(13)12-11-5/h2-3H,4H2,1H3,(H,12,13)(H2,9,10,11,15). The highest BCUT2D eigenvalue weighted by Crippen LogP contribution is 1.94. The number of methoxy groups -OCH3 is 1. The van der Waals surface area contributed by atoms with Crippen LogP contribution < -0.4 is 16.2 Å². The van der Waals surface area contributed by atoms with Crippen molar-refractivity contribution >= 4 is 17.8 Å². The number of carbonyl (C=O) groups is 2. The molecule has 0 aliphatic carbocycles. The van der Waals surface area contributed by atoms with E-state index in [4.69, 9.17) is 0 Å². The van der Waals surface area contributed by atoms with Gasteiger partial charge < -0.3 is 10.1 Å². The van der Waals surface area contributed by atoms with E-state index in [1.54, 1.807) is 0 Å². The van der Waals surface area contributed by atoms with Gasteiger partial charge in [0.2, 0.25) is 0 Å². The maximum atomic E-state index is 11.2. The molecule has 8 nitrogen and oxygen atoms in total. The summed E-state index contributed by atoms with van der Waals surface area (Å²) in [7, 11) is 1.21. The molecule has 0 saturated carbocycles. The smallest absolute Gasteiger partial charge is 0.325 e. The summed E-state index contributed by atoms with van der Waals surface area (Å²) in [6.07, 6.45) is 0. The second-order valence-electron chi connectivity index (χ2n) is 2.69. The molecule has 1 aromatic rings. The van der Waals surface area contributed by atoms with Gasteiger partial charge in [-0.15, -0.1) is 0 Å². The van der Waals surface area contributed by atoms with Crippen molar-refractivity contribution in [3.8, 4) is 0 Å². The molecular formula is C8H10N4O4. The molecule has 2 amide bonds. The number of aromatic amines is 1. The van der Waals surface area contributed by atoms with Crippen LogP contribution in [0.15, 0.2) is 16.9 Å². The first-order valence-electron chi connectivity index (χ1n) is 4.29. The Morgan fingerprint density at radius 1 is 1.50 bits per heavy atom. The van der Waals surface area contributed by atoms with Crippen LogP contribution in [0.2, 0.25) is 0 Å². The monoisotopic (exact) mass is 226 g/mol. The van der Waals surface area contributed by atoms with Crippen LogP contribution >= 0.6 is 0 Å². The van der Waals surface area contributed by atoms with Crippen LogP contribution in [0.4, 0.5) is 10.6 Å². The molecular weight excluding hydrogens is 216 g/mol. The van der Waals surface area contributed by atoms with Gasteiger partial charge in [-0.1, -0.05) is 0 Å². The van der Waals surface area contributed by atoms with Crippen LogP contribution in [0.3, 0.4) is 0 Å². The first-order chi connectivity index (χ1) is 7.61. The third kappa shape index (κ3) is 3.78. The summed E-state index contributed by atoms with van der Waals surface area (Å²) in [4.78, 5) is 32.5. The molecule has 0 fully saturated rings. The van der Waals surface area contributed by atoms with Crippen molar-refractivity contribution in [2.75, 3.05) is 19.0 Å². The Morgan fingerprint density at radius 3 is 2.81 bits per heavy atom. The van der Waals surface area contributed by atoms with Gasteiger partial charge in [0.1, 0.15) is 6.54 Å². The number of nitrogens with zero attached hydrogens (tertiary/aromatic N) is 1. The molecule has 0 bridgehead atoms. The molecule has 8 heteroatoms.